The maximum atomic E-state index is 6.96. The Labute approximate surface area is 374 Å². The zero-order valence-corrected chi connectivity index (χ0v) is 35.7. The van der Waals surface area contributed by atoms with E-state index in [9.17, 15) is 0 Å². The van der Waals surface area contributed by atoms with Crippen molar-refractivity contribution < 1.29 is 4.74 Å². The van der Waals surface area contributed by atoms with Crippen LogP contribution in [0.15, 0.2) is 231 Å². The predicted octanol–water partition coefficient (Wildman–Crippen LogP) is 17.2. The van der Waals surface area contributed by atoms with Crippen molar-refractivity contribution in [1.82, 2.24) is 0 Å². The summed E-state index contributed by atoms with van der Waals surface area (Å²) in [5.74, 6) is 1.69. The van der Waals surface area contributed by atoms with Crippen molar-refractivity contribution in [3.63, 3.8) is 0 Å². The molecule has 12 rings (SSSR count). The van der Waals surface area contributed by atoms with Crippen LogP contribution in [0.2, 0.25) is 0 Å². The molecule has 0 unspecified atom stereocenters. The number of nitrogens with zero attached hydrogens (tertiary/aromatic N) is 2. The molecule has 0 bridgehead atoms. The largest absolute Gasteiger partial charge is 0.456 e. The first-order valence-corrected chi connectivity index (χ1v) is 22.1. The SMILES string of the molecule is CC1(C)c2ccccc2-c2cccc(N(c3ccc(-c4ccc(-c5ccccc5)cc4)cc3)c3ccc4c5c(cccc35)-c3c(cccc3N(c3ccccc3)c3ccccc3)O4)c21. The first kappa shape index (κ1) is 37.6. The highest BCUT2D eigenvalue weighted by Gasteiger charge is 2.39. The van der Waals surface area contributed by atoms with Gasteiger partial charge in [-0.25, -0.2) is 0 Å². The minimum absolute atomic E-state index is 0.233. The maximum absolute atomic E-state index is 6.96. The summed E-state index contributed by atoms with van der Waals surface area (Å²) in [7, 11) is 0. The van der Waals surface area contributed by atoms with E-state index in [1.165, 1.54) is 44.5 Å². The first-order chi connectivity index (χ1) is 31.5. The van der Waals surface area contributed by atoms with E-state index in [4.69, 9.17) is 4.74 Å². The summed E-state index contributed by atoms with van der Waals surface area (Å²) in [6, 6.07) is 83.1. The lowest BCUT2D eigenvalue weighted by atomic mass is 9.81. The van der Waals surface area contributed by atoms with Crippen LogP contribution in [0, 0.1) is 0 Å². The summed E-state index contributed by atoms with van der Waals surface area (Å²) in [5, 5.41) is 2.21. The van der Waals surface area contributed by atoms with Crippen molar-refractivity contribution in [3.05, 3.63) is 242 Å². The van der Waals surface area contributed by atoms with Gasteiger partial charge in [-0.05, 0) is 117 Å². The molecule has 0 spiro atoms. The molecular formula is C61H44N2O. The normalized spacial score (nSPS) is 12.8. The Hall–Kier alpha value is -8.14. The molecule has 10 aromatic rings. The van der Waals surface area contributed by atoms with Gasteiger partial charge >= 0.3 is 0 Å². The Morgan fingerprint density at radius 1 is 0.344 bits per heavy atom. The quantitative estimate of drug-likeness (QED) is 0.152. The van der Waals surface area contributed by atoms with E-state index in [-0.39, 0.29) is 5.41 Å². The van der Waals surface area contributed by atoms with E-state index >= 15 is 0 Å². The molecule has 0 atom stereocenters. The molecule has 304 valence electrons. The summed E-state index contributed by atoms with van der Waals surface area (Å²) < 4.78 is 6.96. The van der Waals surface area contributed by atoms with Gasteiger partial charge < -0.3 is 14.5 Å². The van der Waals surface area contributed by atoms with Gasteiger partial charge in [0.25, 0.3) is 0 Å². The summed E-state index contributed by atoms with van der Waals surface area (Å²) >= 11 is 0. The van der Waals surface area contributed by atoms with Crippen LogP contribution >= 0.6 is 0 Å². The standard InChI is InChI=1S/C61H44N2O/c1-61(2)52-27-13-12-23-48(52)49-24-15-29-55(60(49)61)63(47-37-35-44(36-38-47)43-33-31-42(32-34-43)41-17-6-3-7-18-41)53-39-40-57-58-50(53)25-14-26-51(58)59-54(28-16-30-56(59)64-57)62(45-19-8-4-9-20-45)46-21-10-5-11-22-46/h3-40H,1-2H3. The highest BCUT2D eigenvalue weighted by molar-refractivity contribution is 6.13. The van der Waals surface area contributed by atoms with Gasteiger partial charge in [-0.3, -0.25) is 0 Å². The highest BCUT2D eigenvalue weighted by atomic mass is 16.5. The molecule has 0 fully saturated rings. The van der Waals surface area contributed by atoms with Gasteiger partial charge in [0.05, 0.1) is 17.1 Å². The number of ether oxygens (including phenoxy) is 1. The molecule has 0 saturated carbocycles. The number of rotatable bonds is 8. The Bertz CT molecular complexity index is 3320. The molecule has 0 saturated heterocycles. The fourth-order valence-corrected chi connectivity index (χ4v) is 10.3. The van der Waals surface area contributed by atoms with Crippen LogP contribution in [0.3, 0.4) is 0 Å². The monoisotopic (exact) mass is 820 g/mol. The summed E-state index contributed by atoms with van der Waals surface area (Å²) in [4.78, 5) is 4.82. The zero-order chi connectivity index (χ0) is 42.8. The number of benzene rings is 10. The number of para-hydroxylation sites is 2. The fourth-order valence-electron chi connectivity index (χ4n) is 10.3. The molecule has 0 aromatic heterocycles. The van der Waals surface area contributed by atoms with E-state index in [2.05, 4.69) is 254 Å². The summed E-state index contributed by atoms with van der Waals surface area (Å²) in [6.45, 7) is 4.74. The molecule has 1 aliphatic carbocycles. The van der Waals surface area contributed by atoms with Gasteiger partial charge in [0, 0.05) is 38.8 Å². The average Bonchev–Trinajstić information content (AvgIpc) is 3.59. The van der Waals surface area contributed by atoms with Crippen LogP contribution in [-0.2, 0) is 5.41 Å². The second kappa shape index (κ2) is 15.0. The van der Waals surface area contributed by atoms with E-state index in [0.717, 1.165) is 67.5 Å². The number of hydrogen-bond acceptors (Lipinski definition) is 3. The molecule has 2 aliphatic rings. The lowest BCUT2D eigenvalue weighted by Crippen LogP contribution is -2.21. The number of fused-ring (bicyclic) bond motifs is 5. The maximum Gasteiger partial charge on any atom is 0.137 e. The molecule has 1 heterocycles. The second-order valence-electron chi connectivity index (χ2n) is 17.3. The highest BCUT2D eigenvalue weighted by Crippen LogP contribution is 2.57. The number of anilines is 6. The Balaban J connectivity index is 1.05. The smallest absolute Gasteiger partial charge is 0.137 e. The Morgan fingerprint density at radius 3 is 1.55 bits per heavy atom. The molecular weight excluding hydrogens is 777 g/mol. The van der Waals surface area contributed by atoms with Crippen LogP contribution in [0.25, 0.3) is 55.3 Å². The summed E-state index contributed by atoms with van der Waals surface area (Å²) in [5.41, 5.74) is 18.6. The molecule has 64 heavy (non-hydrogen) atoms. The van der Waals surface area contributed by atoms with E-state index in [1.807, 2.05) is 0 Å². The van der Waals surface area contributed by atoms with E-state index in [1.54, 1.807) is 0 Å². The minimum Gasteiger partial charge on any atom is -0.456 e. The molecule has 3 nitrogen and oxygen atoms in total. The third-order valence-electron chi connectivity index (χ3n) is 13.2. The van der Waals surface area contributed by atoms with Gasteiger partial charge in [-0.1, -0.05) is 178 Å². The zero-order valence-electron chi connectivity index (χ0n) is 35.7. The summed E-state index contributed by atoms with van der Waals surface area (Å²) in [6.07, 6.45) is 0. The van der Waals surface area contributed by atoms with Crippen LogP contribution in [0.1, 0.15) is 25.0 Å². The van der Waals surface area contributed by atoms with Gasteiger partial charge in [-0.15, -0.1) is 0 Å². The average molecular weight is 821 g/mol. The van der Waals surface area contributed by atoms with E-state index < -0.39 is 0 Å². The fraction of sp³-hybridized carbons (Fsp3) is 0.0492. The van der Waals surface area contributed by atoms with Gasteiger partial charge in [0.2, 0.25) is 0 Å². The van der Waals surface area contributed by atoms with Crippen LogP contribution in [0.5, 0.6) is 11.5 Å². The van der Waals surface area contributed by atoms with Crippen molar-refractivity contribution in [2.75, 3.05) is 9.80 Å². The van der Waals surface area contributed by atoms with Gasteiger partial charge in [0.1, 0.15) is 11.5 Å². The van der Waals surface area contributed by atoms with Crippen molar-refractivity contribution in [3.8, 4) is 56.0 Å². The molecule has 10 aromatic carbocycles. The Morgan fingerprint density at radius 2 is 0.859 bits per heavy atom. The van der Waals surface area contributed by atoms with Crippen molar-refractivity contribution in [2.45, 2.75) is 19.3 Å². The molecule has 0 radical (unpaired) electrons. The first-order valence-electron chi connectivity index (χ1n) is 22.1. The topological polar surface area (TPSA) is 15.7 Å². The van der Waals surface area contributed by atoms with Crippen molar-refractivity contribution in [2.24, 2.45) is 0 Å². The molecule has 1 aliphatic heterocycles. The molecule has 0 amide bonds. The lowest BCUT2D eigenvalue weighted by Gasteiger charge is -2.34. The van der Waals surface area contributed by atoms with Crippen LogP contribution in [0.4, 0.5) is 34.1 Å². The minimum atomic E-state index is -0.233. The van der Waals surface area contributed by atoms with Crippen molar-refractivity contribution >= 4 is 44.9 Å². The number of hydrogen-bond donors (Lipinski definition) is 0. The van der Waals surface area contributed by atoms with Crippen molar-refractivity contribution in [1.29, 1.82) is 0 Å². The second-order valence-corrected chi connectivity index (χ2v) is 17.3. The van der Waals surface area contributed by atoms with Gasteiger partial charge in [0.15, 0.2) is 0 Å². The Kier molecular flexibility index (Phi) is 8.84. The molecule has 3 heteroatoms. The molecule has 0 N–H and O–H groups in total. The van der Waals surface area contributed by atoms with Crippen LogP contribution < -0.4 is 14.5 Å². The predicted molar refractivity (Wildman–Crippen MR) is 267 cm³/mol. The third-order valence-corrected chi connectivity index (χ3v) is 13.2. The van der Waals surface area contributed by atoms with Crippen LogP contribution in [-0.4, -0.2) is 0 Å². The van der Waals surface area contributed by atoms with Gasteiger partial charge in [-0.2, -0.15) is 0 Å². The lowest BCUT2D eigenvalue weighted by molar-refractivity contribution is 0.487. The third kappa shape index (κ3) is 6.04. The van der Waals surface area contributed by atoms with E-state index in [0.29, 0.717) is 0 Å².